The van der Waals surface area contributed by atoms with Crippen LogP contribution in [0.1, 0.15) is 29.7 Å². The average molecular weight is 965 g/mol. The van der Waals surface area contributed by atoms with Gasteiger partial charge in [-0.1, -0.05) is 29.8 Å². The van der Waals surface area contributed by atoms with E-state index in [2.05, 4.69) is 50.2 Å². The van der Waals surface area contributed by atoms with Crippen molar-refractivity contribution < 1.29 is 13.2 Å². The summed E-state index contributed by atoms with van der Waals surface area (Å²) >= 11 is 6.71. The number of aromatic amines is 2. The maximum atomic E-state index is 14.7. The molecule has 20 heteroatoms. The maximum Gasteiger partial charge on any atom is 0.202 e. The molecule has 0 spiro atoms. The lowest BCUT2D eigenvalue weighted by atomic mass is 9.90. The van der Waals surface area contributed by atoms with Gasteiger partial charge in [-0.05, 0) is 103 Å². The van der Waals surface area contributed by atoms with Gasteiger partial charge in [-0.25, -0.2) is 38.1 Å². The smallest absolute Gasteiger partial charge is 0.202 e. The molecule has 0 unspecified atom stereocenters. The van der Waals surface area contributed by atoms with Gasteiger partial charge in [-0.3, -0.25) is 14.9 Å². The van der Waals surface area contributed by atoms with E-state index < -0.39 is 17.0 Å². The number of benzene rings is 3. The largest absolute Gasteiger partial charge is 0.384 e. The Kier molecular flexibility index (Phi) is 10.3. The van der Waals surface area contributed by atoms with Gasteiger partial charge < -0.3 is 27.0 Å². The number of nitrogens with two attached hydrogens (primary N) is 3. The number of aryl methyl sites for hydroxylation is 2. The molecule has 6 atom stereocenters. The van der Waals surface area contributed by atoms with E-state index in [1.54, 1.807) is 29.2 Å². The lowest BCUT2D eigenvalue weighted by Gasteiger charge is -2.26. The molecule has 0 amide bonds. The van der Waals surface area contributed by atoms with Gasteiger partial charge in [0.05, 0.1) is 34.3 Å². The van der Waals surface area contributed by atoms with E-state index in [9.17, 15) is 13.2 Å². The number of anilines is 3. The minimum Gasteiger partial charge on any atom is -0.384 e. The monoisotopic (exact) mass is 964 g/mol. The van der Waals surface area contributed by atoms with Crippen molar-refractivity contribution in [1.29, 1.82) is 0 Å². The van der Waals surface area contributed by atoms with Crippen LogP contribution in [0.25, 0.3) is 55.7 Å². The molecule has 0 bridgehead atoms. The van der Waals surface area contributed by atoms with Crippen LogP contribution in [0.3, 0.4) is 0 Å². The van der Waals surface area contributed by atoms with Gasteiger partial charge in [0.25, 0.3) is 0 Å². The van der Waals surface area contributed by atoms with Crippen LogP contribution in [0.4, 0.5) is 30.6 Å². The third-order valence-electron chi connectivity index (χ3n) is 15.7. The number of nitrogens with zero attached hydrogens (tertiary/aromatic N) is 11. The predicted molar refractivity (Wildman–Crippen MR) is 262 cm³/mol. The fourth-order valence-electron chi connectivity index (χ4n) is 12.2. The fourth-order valence-corrected chi connectivity index (χ4v) is 12.5. The van der Waals surface area contributed by atoms with Gasteiger partial charge in [-0.2, -0.15) is 15.3 Å². The molecule has 4 aliphatic rings. The zero-order valence-electron chi connectivity index (χ0n) is 38.2. The molecule has 9 aromatic rings. The third-order valence-corrected chi connectivity index (χ3v) is 16.1. The summed E-state index contributed by atoms with van der Waals surface area (Å²) in [6, 6.07) is 18.2. The Bertz CT molecular complexity index is 3520. The summed E-state index contributed by atoms with van der Waals surface area (Å²) in [6.45, 7) is 5.58. The van der Waals surface area contributed by atoms with Crippen LogP contribution >= 0.6 is 11.6 Å². The van der Waals surface area contributed by atoms with E-state index in [1.807, 2.05) is 50.5 Å². The molecule has 3 aromatic carbocycles. The highest BCUT2D eigenvalue weighted by molar-refractivity contribution is 6.38. The second kappa shape index (κ2) is 16.5. The molecule has 0 radical (unpaired) electrons. The molecule has 2 aliphatic carbocycles. The van der Waals surface area contributed by atoms with Crippen molar-refractivity contribution in [3.63, 3.8) is 0 Å². The number of rotatable bonds is 8. The zero-order chi connectivity index (χ0) is 48.2. The molecular formula is C50H48ClF3N16. The summed E-state index contributed by atoms with van der Waals surface area (Å²) in [5, 5.41) is 20.7. The normalized spacial score (nSPS) is 23.6. The number of H-pyrrole nitrogens is 2. The molecule has 70 heavy (non-hydrogen) atoms. The first kappa shape index (κ1) is 44.0. The van der Waals surface area contributed by atoms with Gasteiger partial charge in [0.15, 0.2) is 0 Å². The predicted octanol–water partition coefficient (Wildman–Crippen LogP) is 6.99. The lowest BCUT2D eigenvalue weighted by Crippen LogP contribution is -2.32. The molecule has 6 aromatic heterocycles. The third kappa shape index (κ3) is 6.80. The first-order chi connectivity index (χ1) is 33.9. The molecule has 2 aliphatic heterocycles. The average Bonchev–Trinajstić information content (AvgIpc) is 3.88. The van der Waals surface area contributed by atoms with Gasteiger partial charge in [0, 0.05) is 85.6 Å². The van der Waals surface area contributed by atoms with Gasteiger partial charge in [-0.15, -0.1) is 0 Å². The van der Waals surface area contributed by atoms with Crippen molar-refractivity contribution in [3.05, 3.63) is 125 Å². The van der Waals surface area contributed by atoms with E-state index in [4.69, 9.17) is 38.8 Å². The summed E-state index contributed by atoms with van der Waals surface area (Å²) < 4.78 is 45.0. The maximum absolute atomic E-state index is 14.7. The van der Waals surface area contributed by atoms with Crippen molar-refractivity contribution in [2.24, 2.45) is 42.2 Å². The van der Waals surface area contributed by atoms with Crippen molar-refractivity contribution in [3.8, 4) is 22.5 Å². The Morgan fingerprint density at radius 2 is 1.30 bits per heavy atom. The molecule has 13 rings (SSSR count). The molecule has 8 heterocycles. The highest BCUT2D eigenvalue weighted by Crippen LogP contribution is 2.64. The number of fused-ring (bicyclic) bond motifs is 5. The highest BCUT2D eigenvalue weighted by Gasteiger charge is 2.67. The minimum atomic E-state index is -0.556. The summed E-state index contributed by atoms with van der Waals surface area (Å²) in [7, 11) is 1.85. The van der Waals surface area contributed by atoms with Crippen LogP contribution in [0, 0.1) is 48.0 Å². The topological polar surface area (TPSA) is 224 Å². The first-order valence-corrected chi connectivity index (χ1v) is 23.7. The highest BCUT2D eigenvalue weighted by atomic mass is 35.5. The van der Waals surface area contributed by atoms with Crippen LogP contribution in [-0.4, -0.2) is 94.4 Å². The van der Waals surface area contributed by atoms with Crippen LogP contribution < -0.4 is 27.0 Å². The number of nitrogen functional groups attached to an aromatic ring is 1. The summed E-state index contributed by atoms with van der Waals surface area (Å²) in [5.74, 6) is 1.94. The number of halogens is 4. The minimum absolute atomic E-state index is 0.111. The van der Waals surface area contributed by atoms with Gasteiger partial charge >= 0.3 is 0 Å². The molecule has 2 saturated heterocycles. The number of hydrogen-bond acceptors (Lipinski definition) is 13. The first-order valence-electron chi connectivity index (χ1n) is 23.3. The standard InChI is InChI=1S/C26H23ClF2N8.C24H25FN8/c1-36-10-15-20(35-36)5-3-14(22(15)27)23-24-25(34-33-23)32-21(9-31-24)37-7-6-16-18(11-37)26(16,12-30)17-8-13(28)2-4-19(17)29;1-13-14(6-7-19(27)29-13)21-22-23(32-31-21)30-20(10-28-22)33-9-8-15-17(11-33)24(15,12-26)16-4-2-3-5-18(16)25/h2-5,8-10,16,18H,6-7,11-12,30H2,1H3,(H,32,33,34);2-7,10,15,17H,8-9,11-12,26H2,1H3,(H2,27,29)(H,30,31,32)/t16-,18+,26-;15-,17+,24-/m11/s1. The number of nitrogens with one attached hydrogen (secondary N) is 2. The number of piperidine rings is 2. The van der Waals surface area contributed by atoms with Crippen molar-refractivity contribution in [1.82, 2.24) is 55.1 Å². The van der Waals surface area contributed by atoms with Crippen LogP contribution in [0.2, 0.25) is 5.02 Å². The Morgan fingerprint density at radius 3 is 1.91 bits per heavy atom. The molecule has 356 valence electrons. The summed E-state index contributed by atoms with van der Waals surface area (Å²) in [4.78, 5) is 27.6. The summed E-state index contributed by atoms with van der Waals surface area (Å²) in [5.41, 5.74) is 25.6. The number of aromatic nitrogens is 11. The molecule has 16 nitrogen and oxygen atoms in total. The van der Waals surface area contributed by atoms with Crippen LogP contribution in [0.15, 0.2) is 85.3 Å². The Hall–Kier alpha value is -7.22. The van der Waals surface area contributed by atoms with Crippen molar-refractivity contribution in [2.75, 3.05) is 54.8 Å². The van der Waals surface area contributed by atoms with Crippen molar-refractivity contribution in [2.45, 2.75) is 30.6 Å². The Balaban J connectivity index is 0.000000145. The van der Waals surface area contributed by atoms with Gasteiger partial charge in [0.1, 0.15) is 45.9 Å². The van der Waals surface area contributed by atoms with Crippen LogP contribution in [0.5, 0.6) is 0 Å². The van der Waals surface area contributed by atoms with E-state index in [1.165, 1.54) is 18.2 Å². The quantitative estimate of drug-likeness (QED) is 0.104. The van der Waals surface area contributed by atoms with E-state index in [0.717, 1.165) is 83.3 Å². The Morgan fingerprint density at radius 1 is 0.714 bits per heavy atom. The van der Waals surface area contributed by atoms with Crippen molar-refractivity contribution >= 4 is 62.3 Å². The second-order valence-corrected chi connectivity index (χ2v) is 19.4. The number of hydrogen-bond donors (Lipinski definition) is 5. The SMILES string of the molecule is Cc1nc(N)ccc1-c1[nH]nc2nc(N3CC[C@@H]4[C@H](C3)[C@@]4(CN)c3ccccc3F)cnc12.Cn1cc2c(Cl)c(-c3[nH]nc4nc(N5CC[C@@H]6[C@H](C5)[C@@]6(CN)c5cc(F)ccc5F)cnc34)ccc2n1. The van der Waals surface area contributed by atoms with Gasteiger partial charge in [0.2, 0.25) is 11.3 Å². The van der Waals surface area contributed by atoms with Crippen LogP contribution in [-0.2, 0) is 17.9 Å². The van der Waals surface area contributed by atoms with E-state index in [-0.39, 0.29) is 29.6 Å². The molecule has 4 fully saturated rings. The second-order valence-electron chi connectivity index (χ2n) is 19.0. The van der Waals surface area contributed by atoms with E-state index in [0.29, 0.717) is 75.2 Å². The summed E-state index contributed by atoms with van der Waals surface area (Å²) in [6.07, 6.45) is 7.15. The zero-order valence-corrected chi connectivity index (χ0v) is 39.0. The Labute approximate surface area is 403 Å². The molecular weight excluding hydrogens is 917 g/mol. The lowest BCUT2D eigenvalue weighted by molar-refractivity contribution is 0.523. The fraction of sp³-hybridized carbons (Fsp3) is 0.320. The molecule has 8 N–H and O–H groups in total. The van der Waals surface area contributed by atoms with E-state index >= 15 is 0 Å². The molecule has 2 saturated carbocycles. The number of pyridine rings is 1.